The molecule has 0 unspecified atom stereocenters. The first kappa shape index (κ1) is 15.8. The molecule has 0 bridgehead atoms. The van der Waals surface area contributed by atoms with Gasteiger partial charge in [-0.2, -0.15) is 0 Å². The zero-order chi connectivity index (χ0) is 16.1. The Morgan fingerprint density at radius 3 is 2.74 bits per heavy atom. The fourth-order valence-electron chi connectivity index (χ4n) is 3.43. The van der Waals surface area contributed by atoms with Gasteiger partial charge in [-0.25, -0.2) is 4.79 Å². The minimum atomic E-state index is -0.294. The van der Waals surface area contributed by atoms with Crippen molar-refractivity contribution < 1.29 is 14.3 Å². The van der Waals surface area contributed by atoms with Gasteiger partial charge in [0.05, 0.1) is 6.54 Å². The van der Waals surface area contributed by atoms with Gasteiger partial charge in [-0.1, -0.05) is 30.3 Å². The highest BCUT2D eigenvalue weighted by Crippen LogP contribution is 2.22. The molecule has 2 amide bonds. The number of carbonyl (C=O) groups excluding carboxylic acids is 2. The monoisotopic (exact) mass is 316 g/mol. The molecule has 0 aliphatic carbocycles. The van der Waals surface area contributed by atoms with E-state index in [0.717, 1.165) is 25.8 Å². The van der Waals surface area contributed by atoms with Crippen molar-refractivity contribution in [1.82, 2.24) is 9.80 Å². The van der Waals surface area contributed by atoms with Crippen LogP contribution in [0.1, 0.15) is 31.2 Å². The highest BCUT2D eigenvalue weighted by molar-refractivity contribution is 5.78. The van der Waals surface area contributed by atoms with Crippen LogP contribution in [0.15, 0.2) is 30.3 Å². The Morgan fingerprint density at radius 1 is 1.17 bits per heavy atom. The SMILES string of the molecule is O=C1OCCN1CCC(=O)N1CCCC[C@@H]1Cc1ccccc1. The van der Waals surface area contributed by atoms with Crippen LogP contribution >= 0.6 is 0 Å². The molecule has 3 rings (SSSR count). The molecule has 0 radical (unpaired) electrons. The van der Waals surface area contributed by atoms with E-state index in [1.54, 1.807) is 4.90 Å². The second-order valence-electron chi connectivity index (χ2n) is 6.28. The quantitative estimate of drug-likeness (QED) is 0.838. The van der Waals surface area contributed by atoms with Crippen LogP contribution in [0.5, 0.6) is 0 Å². The molecule has 124 valence electrons. The molecule has 0 spiro atoms. The maximum absolute atomic E-state index is 12.6. The number of benzene rings is 1. The van der Waals surface area contributed by atoms with Crippen LogP contribution in [0.4, 0.5) is 4.79 Å². The summed E-state index contributed by atoms with van der Waals surface area (Å²) in [6.07, 6.45) is 4.32. The summed E-state index contributed by atoms with van der Waals surface area (Å²) >= 11 is 0. The third-order valence-electron chi connectivity index (χ3n) is 4.70. The smallest absolute Gasteiger partial charge is 0.409 e. The van der Waals surface area contributed by atoms with E-state index in [1.165, 1.54) is 12.0 Å². The number of hydrogen-bond donors (Lipinski definition) is 0. The molecular formula is C18H24N2O3. The summed E-state index contributed by atoms with van der Waals surface area (Å²) in [6.45, 7) is 2.33. The number of ether oxygens (including phenoxy) is 1. The lowest BCUT2D eigenvalue weighted by atomic mass is 9.95. The van der Waals surface area contributed by atoms with Crippen molar-refractivity contribution in [2.45, 2.75) is 38.1 Å². The van der Waals surface area contributed by atoms with Crippen LogP contribution in [-0.2, 0) is 16.0 Å². The van der Waals surface area contributed by atoms with Crippen molar-refractivity contribution in [1.29, 1.82) is 0 Å². The number of hydrogen-bond acceptors (Lipinski definition) is 3. The Morgan fingerprint density at radius 2 is 2.00 bits per heavy atom. The van der Waals surface area contributed by atoms with Crippen molar-refractivity contribution >= 4 is 12.0 Å². The van der Waals surface area contributed by atoms with Gasteiger partial charge >= 0.3 is 6.09 Å². The number of nitrogens with zero attached hydrogens (tertiary/aromatic N) is 2. The summed E-state index contributed by atoms with van der Waals surface area (Å²) in [6, 6.07) is 10.6. The van der Waals surface area contributed by atoms with Crippen molar-refractivity contribution in [2.75, 3.05) is 26.2 Å². The molecule has 0 aromatic heterocycles. The van der Waals surface area contributed by atoms with Crippen molar-refractivity contribution in [3.8, 4) is 0 Å². The van der Waals surface area contributed by atoms with Crippen LogP contribution < -0.4 is 0 Å². The third-order valence-corrected chi connectivity index (χ3v) is 4.70. The number of cyclic esters (lactones) is 1. The van der Waals surface area contributed by atoms with Crippen LogP contribution in [0.3, 0.4) is 0 Å². The molecular weight excluding hydrogens is 292 g/mol. The molecule has 2 heterocycles. The van der Waals surface area contributed by atoms with E-state index in [0.29, 0.717) is 26.1 Å². The number of rotatable bonds is 5. The second kappa shape index (κ2) is 7.49. The van der Waals surface area contributed by atoms with Gasteiger partial charge < -0.3 is 14.5 Å². The molecule has 1 aromatic rings. The molecule has 0 saturated carbocycles. The number of likely N-dealkylation sites (tertiary alicyclic amines) is 1. The Kier molecular flexibility index (Phi) is 5.16. The summed E-state index contributed by atoms with van der Waals surface area (Å²) < 4.78 is 4.91. The normalized spacial score (nSPS) is 21.4. The largest absolute Gasteiger partial charge is 0.448 e. The summed E-state index contributed by atoms with van der Waals surface area (Å²) in [7, 11) is 0. The highest BCUT2D eigenvalue weighted by Gasteiger charge is 2.28. The number of amides is 2. The van der Waals surface area contributed by atoms with Gasteiger partial charge in [-0.15, -0.1) is 0 Å². The molecule has 5 nitrogen and oxygen atoms in total. The molecule has 2 fully saturated rings. The van der Waals surface area contributed by atoms with Gasteiger partial charge in [0.2, 0.25) is 5.91 Å². The van der Waals surface area contributed by atoms with E-state index in [-0.39, 0.29) is 18.0 Å². The molecule has 5 heteroatoms. The average molecular weight is 316 g/mol. The maximum Gasteiger partial charge on any atom is 0.409 e. The van der Waals surface area contributed by atoms with Crippen LogP contribution in [-0.4, -0.2) is 54.1 Å². The fraction of sp³-hybridized carbons (Fsp3) is 0.556. The molecule has 23 heavy (non-hydrogen) atoms. The fourth-order valence-corrected chi connectivity index (χ4v) is 3.43. The van der Waals surface area contributed by atoms with E-state index >= 15 is 0 Å². The molecule has 1 aromatic carbocycles. The zero-order valence-corrected chi connectivity index (χ0v) is 13.4. The second-order valence-corrected chi connectivity index (χ2v) is 6.28. The lowest BCUT2D eigenvalue weighted by Crippen LogP contribution is -2.45. The predicted octanol–water partition coefficient (Wildman–Crippen LogP) is 2.45. The van der Waals surface area contributed by atoms with Gasteiger partial charge in [0.1, 0.15) is 6.61 Å². The molecule has 1 atom stereocenters. The van der Waals surface area contributed by atoms with Gasteiger partial charge in [0, 0.05) is 25.6 Å². The number of carbonyl (C=O) groups is 2. The maximum atomic E-state index is 12.6. The Balaban J connectivity index is 1.56. The standard InChI is InChI=1S/C18H24N2O3/c21-17(9-11-19-12-13-23-18(19)22)20-10-5-4-8-16(20)14-15-6-2-1-3-7-15/h1-3,6-7,16H,4-5,8-14H2/t16-/m1/s1. The average Bonchev–Trinajstić information content (AvgIpc) is 2.99. The molecule has 0 N–H and O–H groups in total. The lowest BCUT2D eigenvalue weighted by Gasteiger charge is -2.36. The van der Waals surface area contributed by atoms with E-state index in [1.807, 2.05) is 23.1 Å². The lowest BCUT2D eigenvalue weighted by molar-refractivity contribution is -0.135. The Bertz CT molecular complexity index is 546. The minimum Gasteiger partial charge on any atom is -0.448 e. The minimum absolute atomic E-state index is 0.158. The summed E-state index contributed by atoms with van der Waals surface area (Å²) in [4.78, 5) is 27.7. The van der Waals surface area contributed by atoms with Crippen LogP contribution in [0.2, 0.25) is 0 Å². The van der Waals surface area contributed by atoms with E-state index in [2.05, 4.69) is 12.1 Å². The van der Waals surface area contributed by atoms with Crippen molar-refractivity contribution in [3.63, 3.8) is 0 Å². The van der Waals surface area contributed by atoms with E-state index in [4.69, 9.17) is 4.74 Å². The Labute approximate surface area is 137 Å². The van der Waals surface area contributed by atoms with Gasteiger partial charge in [0.25, 0.3) is 0 Å². The van der Waals surface area contributed by atoms with Gasteiger partial charge in [-0.05, 0) is 31.2 Å². The third kappa shape index (κ3) is 4.03. The molecule has 2 saturated heterocycles. The summed E-state index contributed by atoms with van der Waals surface area (Å²) in [5.41, 5.74) is 1.28. The number of piperidine rings is 1. The van der Waals surface area contributed by atoms with Crippen molar-refractivity contribution in [2.24, 2.45) is 0 Å². The predicted molar refractivity (Wildman–Crippen MR) is 87.0 cm³/mol. The van der Waals surface area contributed by atoms with Crippen LogP contribution in [0, 0.1) is 0 Å². The first-order valence-corrected chi connectivity index (χ1v) is 8.49. The van der Waals surface area contributed by atoms with Crippen molar-refractivity contribution in [3.05, 3.63) is 35.9 Å². The summed E-state index contributed by atoms with van der Waals surface area (Å²) in [5.74, 6) is 0.158. The highest BCUT2D eigenvalue weighted by atomic mass is 16.6. The van der Waals surface area contributed by atoms with E-state index < -0.39 is 0 Å². The van der Waals surface area contributed by atoms with Gasteiger partial charge in [0.15, 0.2) is 0 Å². The van der Waals surface area contributed by atoms with E-state index in [9.17, 15) is 9.59 Å². The van der Waals surface area contributed by atoms with Crippen LogP contribution in [0.25, 0.3) is 0 Å². The molecule has 2 aliphatic rings. The first-order chi connectivity index (χ1) is 11.2. The molecule has 2 aliphatic heterocycles. The Hall–Kier alpha value is -2.04. The summed E-state index contributed by atoms with van der Waals surface area (Å²) in [5, 5.41) is 0. The zero-order valence-electron chi connectivity index (χ0n) is 13.4. The topological polar surface area (TPSA) is 49.9 Å². The first-order valence-electron chi connectivity index (χ1n) is 8.49. The van der Waals surface area contributed by atoms with Gasteiger partial charge in [-0.3, -0.25) is 4.79 Å².